The van der Waals surface area contributed by atoms with Gasteiger partial charge in [0.25, 0.3) is 0 Å². The predicted molar refractivity (Wildman–Crippen MR) is 84.4 cm³/mol. The summed E-state index contributed by atoms with van der Waals surface area (Å²) in [5.74, 6) is 0.265. The fourth-order valence-electron chi connectivity index (χ4n) is 2.67. The van der Waals surface area contributed by atoms with E-state index in [9.17, 15) is 14.7 Å². The number of hydrogen-bond acceptors (Lipinski definition) is 4. The van der Waals surface area contributed by atoms with Crippen LogP contribution in [-0.4, -0.2) is 64.3 Å². The van der Waals surface area contributed by atoms with Crippen molar-refractivity contribution in [3.63, 3.8) is 0 Å². The standard InChI is InChI=1S/C16H30N2O4/c1-11(2)9-13(10-19)18-8-7-17(12(3)14(18)20)15(21)22-16(4,5)6/h11-13,19H,7-10H2,1-6H3/t12-,13-/m0/s1. The highest BCUT2D eigenvalue weighted by molar-refractivity contribution is 5.86. The van der Waals surface area contributed by atoms with Gasteiger partial charge in [-0.05, 0) is 40.0 Å². The third kappa shape index (κ3) is 4.87. The van der Waals surface area contributed by atoms with Crippen LogP contribution in [-0.2, 0) is 9.53 Å². The van der Waals surface area contributed by atoms with Gasteiger partial charge in [0.15, 0.2) is 0 Å². The van der Waals surface area contributed by atoms with Gasteiger partial charge >= 0.3 is 6.09 Å². The Bertz CT molecular complexity index is 403. The molecule has 0 unspecified atom stereocenters. The lowest BCUT2D eigenvalue weighted by Crippen LogP contribution is -2.61. The Morgan fingerprint density at radius 1 is 1.36 bits per heavy atom. The minimum Gasteiger partial charge on any atom is -0.444 e. The van der Waals surface area contributed by atoms with Crippen LogP contribution in [0.3, 0.4) is 0 Å². The van der Waals surface area contributed by atoms with Crippen LogP contribution >= 0.6 is 0 Å². The molecule has 1 N–H and O–H groups in total. The van der Waals surface area contributed by atoms with Gasteiger partial charge in [0.05, 0.1) is 12.6 Å². The highest BCUT2D eigenvalue weighted by Crippen LogP contribution is 2.20. The average molecular weight is 314 g/mol. The van der Waals surface area contributed by atoms with E-state index in [1.54, 1.807) is 32.6 Å². The highest BCUT2D eigenvalue weighted by Gasteiger charge is 2.38. The number of carbonyl (C=O) groups is 2. The van der Waals surface area contributed by atoms with Crippen LogP contribution in [0.15, 0.2) is 0 Å². The quantitative estimate of drug-likeness (QED) is 0.860. The summed E-state index contributed by atoms with van der Waals surface area (Å²) in [6.07, 6.45) is 0.291. The van der Waals surface area contributed by atoms with Crippen LogP contribution in [0, 0.1) is 5.92 Å². The van der Waals surface area contributed by atoms with Crippen molar-refractivity contribution < 1.29 is 19.4 Å². The molecule has 0 aliphatic carbocycles. The zero-order valence-electron chi connectivity index (χ0n) is 14.6. The zero-order valence-corrected chi connectivity index (χ0v) is 14.6. The van der Waals surface area contributed by atoms with Crippen LogP contribution in [0.25, 0.3) is 0 Å². The average Bonchev–Trinajstić information content (AvgIpc) is 2.37. The van der Waals surface area contributed by atoms with Gasteiger partial charge in [-0.25, -0.2) is 4.79 Å². The van der Waals surface area contributed by atoms with E-state index in [1.807, 2.05) is 0 Å². The van der Waals surface area contributed by atoms with Crippen molar-refractivity contribution in [1.29, 1.82) is 0 Å². The number of nitrogens with zero attached hydrogens (tertiary/aromatic N) is 2. The molecular weight excluding hydrogens is 284 g/mol. The number of carbonyl (C=O) groups excluding carboxylic acids is 2. The van der Waals surface area contributed by atoms with Crippen molar-refractivity contribution in [2.24, 2.45) is 5.92 Å². The number of piperazine rings is 1. The largest absolute Gasteiger partial charge is 0.444 e. The summed E-state index contributed by atoms with van der Waals surface area (Å²) in [5, 5.41) is 9.56. The topological polar surface area (TPSA) is 70.1 Å². The molecule has 22 heavy (non-hydrogen) atoms. The molecule has 6 nitrogen and oxygen atoms in total. The molecule has 0 spiro atoms. The van der Waals surface area contributed by atoms with Gasteiger partial charge in [-0.15, -0.1) is 0 Å². The van der Waals surface area contributed by atoms with Gasteiger partial charge in [-0.1, -0.05) is 13.8 Å². The minimum absolute atomic E-state index is 0.0525. The van der Waals surface area contributed by atoms with Gasteiger partial charge < -0.3 is 14.7 Å². The molecule has 1 heterocycles. The summed E-state index contributed by atoms with van der Waals surface area (Å²) in [7, 11) is 0. The molecule has 0 radical (unpaired) electrons. The first-order valence-corrected chi connectivity index (χ1v) is 7.97. The molecule has 2 atom stereocenters. The van der Waals surface area contributed by atoms with Crippen LogP contribution in [0.2, 0.25) is 0 Å². The molecule has 128 valence electrons. The van der Waals surface area contributed by atoms with Crippen LogP contribution in [0.5, 0.6) is 0 Å². The Balaban J connectivity index is 2.76. The van der Waals surface area contributed by atoms with Gasteiger partial charge in [0.1, 0.15) is 11.6 Å². The first-order chi connectivity index (χ1) is 10.1. The molecular formula is C16H30N2O4. The second-order valence-corrected chi connectivity index (χ2v) is 7.35. The molecule has 0 aromatic carbocycles. The van der Waals surface area contributed by atoms with E-state index < -0.39 is 17.7 Å². The Labute approximate surface area is 133 Å². The normalized spacial score (nSPS) is 21.3. The van der Waals surface area contributed by atoms with Crippen molar-refractivity contribution in [3.05, 3.63) is 0 Å². The Morgan fingerprint density at radius 3 is 2.41 bits per heavy atom. The summed E-state index contributed by atoms with van der Waals surface area (Å²) in [6.45, 7) is 12.1. The van der Waals surface area contributed by atoms with E-state index in [0.29, 0.717) is 19.0 Å². The van der Waals surface area contributed by atoms with Crippen LogP contribution < -0.4 is 0 Å². The molecule has 0 saturated carbocycles. The monoisotopic (exact) mass is 314 g/mol. The van der Waals surface area contributed by atoms with Crippen LogP contribution in [0.4, 0.5) is 4.79 Å². The number of amides is 2. The van der Waals surface area contributed by atoms with Gasteiger partial charge in [-0.2, -0.15) is 0 Å². The first kappa shape index (κ1) is 18.7. The highest BCUT2D eigenvalue weighted by atomic mass is 16.6. The first-order valence-electron chi connectivity index (χ1n) is 7.97. The second-order valence-electron chi connectivity index (χ2n) is 7.35. The molecule has 0 aromatic rings. The maximum Gasteiger partial charge on any atom is 0.411 e. The lowest BCUT2D eigenvalue weighted by Gasteiger charge is -2.42. The molecule has 2 amide bonds. The van der Waals surface area contributed by atoms with Crippen molar-refractivity contribution >= 4 is 12.0 Å². The molecule has 0 bridgehead atoms. The summed E-state index contributed by atoms with van der Waals surface area (Å²) >= 11 is 0. The predicted octanol–water partition coefficient (Wildman–Crippen LogP) is 1.86. The van der Waals surface area contributed by atoms with E-state index in [-0.39, 0.29) is 18.6 Å². The molecule has 1 fully saturated rings. The number of aliphatic hydroxyl groups excluding tert-OH is 1. The lowest BCUT2D eigenvalue weighted by atomic mass is 10.0. The third-order valence-electron chi connectivity index (χ3n) is 3.71. The number of aliphatic hydroxyl groups is 1. The van der Waals surface area contributed by atoms with E-state index in [1.165, 1.54) is 4.90 Å². The van der Waals surface area contributed by atoms with Crippen molar-refractivity contribution in [3.8, 4) is 0 Å². The minimum atomic E-state index is -0.581. The van der Waals surface area contributed by atoms with Gasteiger partial charge in [0.2, 0.25) is 5.91 Å². The number of hydrogen-bond donors (Lipinski definition) is 1. The van der Waals surface area contributed by atoms with Gasteiger partial charge in [-0.3, -0.25) is 9.69 Å². The van der Waals surface area contributed by atoms with E-state index in [2.05, 4.69) is 13.8 Å². The molecule has 1 aliphatic heterocycles. The number of ether oxygens (including phenoxy) is 1. The third-order valence-corrected chi connectivity index (χ3v) is 3.71. The number of rotatable bonds is 4. The maximum absolute atomic E-state index is 12.6. The lowest BCUT2D eigenvalue weighted by molar-refractivity contribution is -0.145. The zero-order chi connectivity index (χ0) is 17.1. The summed E-state index contributed by atoms with van der Waals surface area (Å²) in [5.41, 5.74) is -0.581. The van der Waals surface area contributed by atoms with Gasteiger partial charge in [0, 0.05) is 13.1 Å². The van der Waals surface area contributed by atoms with E-state index in [0.717, 1.165) is 6.42 Å². The summed E-state index contributed by atoms with van der Waals surface area (Å²) < 4.78 is 5.35. The Morgan fingerprint density at radius 2 is 1.95 bits per heavy atom. The van der Waals surface area contributed by atoms with E-state index >= 15 is 0 Å². The van der Waals surface area contributed by atoms with Crippen molar-refractivity contribution in [2.45, 2.75) is 65.6 Å². The molecule has 1 rings (SSSR count). The molecule has 6 heteroatoms. The fourth-order valence-corrected chi connectivity index (χ4v) is 2.67. The fraction of sp³-hybridized carbons (Fsp3) is 0.875. The SMILES string of the molecule is CC(C)C[C@@H](CO)N1CCN(C(=O)OC(C)(C)C)[C@@H](C)C1=O. The van der Waals surface area contributed by atoms with Crippen LogP contribution in [0.1, 0.15) is 48.0 Å². The molecule has 1 saturated heterocycles. The summed E-state index contributed by atoms with van der Waals surface area (Å²) in [6, 6.07) is -0.749. The Hall–Kier alpha value is -1.30. The summed E-state index contributed by atoms with van der Waals surface area (Å²) in [4.78, 5) is 27.9. The molecule has 1 aliphatic rings. The van der Waals surface area contributed by atoms with Crippen molar-refractivity contribution in [1.82, 2.24) is 9.80 Å². The van der Waals surface area contributed by atoms with E-state index in [4.69, 9.17) is 4.74 Å². The van der Waals surface area contributed by atoms with Crippen molar-refractivity contribution in [2.75, 3.05) is 19.7 Å². The smallest absolute Gasteiger partial charge is 0.411 e. The molecule has 0 aromatic heterocycles. The maximum atomic E-state index is 12.6. The second kappa shape index (κ2) is 7.31. The Kier molecular flexibility index (Phi) is 6.23.